The number of rotatable bonds is 2. The molecule has 0 spiro atoms. The van der Waals surface area contributed by atoms with Gasteiger partial charge >= 0.3 is 5.97 Å². The highest BCUT2D eigenvalue weighted by atomic mass is 79.9. The number of carbonyl (C=O) groups excluding carboxylic acids is 1. The number of aromatic nitrogens is 1. The summed E-state index contributed by atoms with van der Waals surface area (Å²) in [6.07, 6.45) is 0. The third kappa shape index (κ3) is 2.03. The lowest BCUT2D eigenvalue weighted by molar-refractivity contribution is 0.0528. The molecule has 0 saturated heterocycles. The number of carbonyl (C=O) groups is 1. The first-order chi connectivity index (χ1) is 7.22. The van der Waals surface area contributed by atoms with Gasteiger partial charge in [-0.05, 0) is 35.0 Å². The third-order valence-electron chi connectivity index (χ3n) is 1.89. The number of hydrogen-bond acceptors (Lipinski definition) is 4. The molecule has 5 heteroatoms. The van der Waals surface area contributed by atoms with Gasteiger partial charge in [0.25, 0.3) is 0 Å². The van der Waals surface area contributed by atoms with Crippen LogP contribution in [0.4, 0.5) is 0 Å². The summed E-state index contributed by atoms with van der Waals surface area (Å²) in [5, 5.41) is 0. The van der Waals surface area contributed by atoms with Crippen molar-refractivity contribution in [1.29, 1.82) is 0 Å². The number of fused-ring (bicyclic) bond motifs is 1. The van der Waals surface area contributed by atoms with Gasteiger partial charge in [-0.2, -0.15) is 0 Å². The van der Waals surface area contributed by atoms with Gasteiger partial charge in [-0.3, -0.25) is 0 Å². The molecule has 0 aliphatic heterocycles. The summed E-state index contributed by atoms with van der Waals surface area (Å²) >= 11 is 4.80. The van der Waals surface area contributed by atoms with Crippen molar-refractivity contribution in [2.24, 2.45) is 0 Å². The van der Waals surface area contributed by atoms with Crippen LogP contribution in [0.2, 0.25) is 0 Å². The second kappa shape index (κ2) is 4.28. The highest BCUT2D eigenvalue weighted by Crippen LogP contribution is 2.28. The molecule has 1 aromatic heterocycles. The lowest BCUT2D eigenvalue weighted by atomic mass is 10.2. The summed E-state index contributed by atoms with van der Waals surface area (Å²) in [5.41, 5.74) is 1.23. The first-order valence-electron chi connectivity index (χ1n) is 4.44. The monoisotopic (exact) mass is 285 g/mol. The predicted octanol–water partition coefficient (Wildman–Crippen LogP) is 3.24. The molecule has 15 heavy (non-hydrogen) atoms. The summed E-state index contributed by atoms with van der Waals surface area (Å²) in [7, 11) is 0. The van der Waals surface area contributed by atoms with E-state index in [2.05, 4.69) is 20.9 Å². The maximum absolute atomic E-state index is 11.6. The summed E-state index contributed by atoms with van der Waals surface area (Å²) in [6, 6.07) is 5.49. The van der Waals surface area contributed by atoms with Crippen LogP contribution in [0.25, 0.3) is 10.2 Å². The third-order valence-corrected chi connectivity index (χ3v) is 3.36. The van der Waals surface area contributed by atoms with Crippen molar-refractivity contribution in [3.63, 3.8) is 0 Å². The highest BCUT2D eigenvalue weighted by Gasteiger charge is 2.13. The van der Waals surface area contributed by atoms with Crippen molar-refractivity contribution < 1.29 is 9.53 Å². The Balaban J connectivity index is 2.55. The van der Waals surface area contributed by atoms with Crippen LogP contribution in [0.15, 0.2) is 22.1 Å². The minimum absolute atomic E-state index is 0.319. The Bertz CT molecular complexity index is 509. The van der Waals surface area contributed by atoms with E-state index >= 15 is 0 Å². The van der Waals surface area contributed by atoms with Gasteiger partial charge in [-0.15, -0.1) is 11.3 Å². The Morgan fingerprint density at radius 3 is 3.13 bits per heavy atom. The normalized spacial score (nSPS) is 10.5. The maximum Gasteiger partial charge on any atom is 0.340 e. The smallest absolute Gasteiger partial charge is 0.340 e. The molecule has 3 nitrogen and oxygen atoms in total. The van der Waals surface area contributed by atoms with E-state index in [0.29, 0.717) is 17.7 Å². The second-order valence-electron chi connectivity index (χ2n) is 2.84. The zero-order valence-corrected chi connectivity index (χ0v) is 10.4. The predicted molar refractivity (Wildman–Crippen MR) is 63.3 cm³/mol. The van der Waals surface area contributed by atoms with Crippen LogP contribution in [-0.2, 0) is 4.74 Å². The molecule has 0 aliphatic carbocycles. The molecule has 0 unspecified atom stereocenters. The lowest BCUT2D eigenvalue weighted by Crippen LogP contribution is -2.04. The molecule has 78 valence electrons. The van der Waals surface area contributed by atoms with Crippen LogP contribution in [0.5, 0.6) is 0 Å². The van der Waals surface area contributed by atoms with Crippen molar-refractivity contribution in [3.8, 4) is 0 Å². The quantitative estimate of drug-likeness (QED) is 0.796. The zero-order chi connectivity index (χ0) is 10.8. The molecule has 0 saturated carbocycles. The molecule has 0 N–H and O–H groups in total. The van der Waals surface area contributed by atoms with E-state index in [0.717, 1.165) is 8.62 Å². The lowest BCUT2D eigenvalue weighted by Gasteiger charge is -2.01. The van der Waals surface area contributed by atoms with E-state index in [1.807, 2.05) is 12.1 Å². The summed E-state index contributed by atoms with van der Waals surface area (Å²) < 4.78 is 6.71. The number of thiazole rings is 1. The largest absolute Gasteiger partial charge is 0.462 e. The number of ether oxygens (including phenoxy) is 1. The Hall–Kier alpha value is -0.940. The number of benzene rings is 1. The van der Waals surface area contributed by atoms with Gasteiger partial charge in [0.1, 0.15) is 0 Å². The number of hydrogen-bond donors (Lipinski definition) is 0. The van der Waals surface area contributed by atoms with E-state index in [9.17, 15) is 4.79 Å². The molecule has 0 atom stereocenters. The van der Waals surface area contributed by atoms with E-state index < -0.39 is 0 Å². The van der Waals surface area contributed by atoms with Crippen LogP contribution < -0.4 is 0 Å². The molecule has 2 aromatic rings. The van der Waals surface area contributed by atoms with Crippen LogP contribution in [0.1, 0.15) is 17.3 Å². The van der Waals surface area contributed by atoms with E-state index in [-0.39, 0.29) is 5.97 Å². The van der Waals surface area contributed by atoms with Crippen LogP contribution in [0, 0.1) is 0 Å². The molecule has 1 heterocycles. The fourth-order valence-corrected chi connectivity index (χ4v) is 2.71. The molecule has 0 fully saturated rings. The van der Waals surface area contributed by atoms with Crippen molar-refractivity contribution in [3.05, 3.63) is 27.7 Å². The molecule has 0 radical (unpaired) electrons. The molecule has 0 amide bonds. The topological polar surface area (TPSA) is 39.2 Å². The summed E-state index contributed by atoms with van der Waals surface area (Å²) in [5.74, 6) is -0.319. The Labute approximate surface area is 99.2 Å². The fourth-order valence-electron chi connectivity index (χ4n) is 1.30. The van der Waals surface area contributed by atoms with Gasteiger partial charge in [0.05, 0.1) is 22.4 Å². The van der Waals surface area contributed by atoms with E-state index in [1.54, 1.807) is 13.0 Å². The minimum atomic E-state index is -0.319. The van der Waals surface area contributed by atoms with Crippen molar-refractivity contribution in [2.75, 3.05) is 6.61 Å². The van der Waals surface area contributed by atoms with Crippen LogP contribution >= 0.6 is 27.3 Å². The molecular formula is C10H8BrNO2S. The Kier molecular flexibility index (Phi) is 3.02. The van der Waals surface area contributed by atoms with Gasteiger partial charge in [-0.25, -0.2) is 9.78 Å². The number of nitrogens with zero attached hydrogens (tertiary/aromatic N) is 1. The van der Waals surface area contributed by atoms with Crippen LogP contribution in [0.3, 0.4) is 0 Å². The zero-order valence-electron chi connectivity index (χ0n) is 7.99. The van der Waals surface area contributed by atoms with Crippen molar-refractivity contribution in [1.82, 2.24) is 4.98 Å². The highest BCUT2D eigenvalue weighted by molar-refractivity contribution is 9.11. The molecule has 0 aliphatic rings. The van der Waals surface area contributed by atoms with Gasteiger partial charge in [-0.1, -0.05) is 6.07 Å². The molecule has 1 aromatic carbocycles. The van der Waals surface area contributed by atoms with Crippen LogP contribution in [-0.4, -0.2) is 17.6 Å². The summed E-state index contributed by atoms with van der Waals surface area (Å²) in [4.78, 5) is 15.8. The average molecular weight is 286 g/mol. The first kappa shape index (κ1) is 10.6. The van der Waals surface area contributed by atoms with Gasteiger partial charge in [0, 0.05) is 0 Å². The number of esters is 1. The van der Waals surface area contributed by atoms with Gasteiger partial charge in [0.2, 0.25) is 0 Å². The first-order valence-corrected chi connectivity index (χ1v) is 6.05. The SMILES string of the molecule is CCOC(=O)c1cccc2sc(Br)nc12. The maximum atomic E-state index is 11.6. The Morgan fingerprint density at radius 1 is 1.60 bits per heavy atom. The summed E-state index contributed by atoms with van der Waals surface area (Å²) in [6.45, 7) is 2.16. The van der Waals surface area contributed by atoms with Gasteiger partial charge in [0.15, 0.2) is 3.92 Å². The standard InChI is InChI=1S/C10H8BrNO2S/c1-2-14-9(13)6-4-3-5-7-8(6)12-10(11)15-7/h3-5H,2H2,1H3. The van der Waals surface area contributed by atoms with E-state index in [4.69, 9.17) is 4.74 Å². The molecular weight excluding hydrogens is 278 g/mol. The average Bonchev–Trinajstić information content (AvgIpc) is 2.57. The minimum Gasteiger partial charge on any atom is -0.462 e. The second-order valence-corrected chi connectivity index (χ2v) is 5.15. The van der Waals surface area contributed by atoms with Crippen molar-refractivity contribution >= 4 is 43.5 Å². The number of para-hydroxylation sites is 1. The van der Waals surface area contributed by atoms with Crippen molar-refractivity contribution in [2.45, 2.75) is 6.92 Å². The molecule has 2 rings (SSSR count). The van der Waals surface area contributed by atoms with Gasteiger partial charge < -0.3 is 4.74 Å². The fraction of sp³-hybridized carbons (Fsp3) is 0.200. The molecule has 0 bridgehead atoms. The number of halogens is 1. The Morgan fingerprint density at radius 2 is 2.40 bits per heavy atom. The van der Waals surface area contributed by atoms with E-state index in [1.165, 1.54) is 11.3 Å².